The van der Waals surface area contributed by atoms with E-state index >= 15 is 0 Å². The molecule has 1 heterocycles. The molecule has 200 valence electrons. The topological polar surface area (TPSA) is 160 Å². The molecule has 9 nitrogen and oxygen atoms in total. The fraction of sp³-hybridized carbons (Fsp3) is 0.846. The first kappa shape index (κ1) is 27.2. The number of hydrogen-bond acceptors (Lipinski definition) is 9. The van der Waals surface area contributed by atoms with Crippen LogP contribution in [-0.4, -0.2) is 98.0 Å². The Bertz CT molecular complexity index is 839. The molecule has 1 aliphatic heterocycles. The Morgan fingerprint density at radius 1 is 1.00 bits per heavy atom. The van der Waals surface area contributed by atoms with Gasteiger partial charge in [0.1, 0.15) is 30.5 Å². The van der Waals surface area contributed by atoms with Crippen LogP contribution in [0.5, 0.6) is 0 Å². The summed E-state index contributed by atoms with van der Waals surface area (Å²) >= 11 is 0. The van der Waals surface area contributed by atoms with Crippen molar-refractivity contribution in [1.29, 1.82) is 0 Å². The zero-order valence-electron chi connectivity index (χ0n) is 21.0. The molecule has 1 saturated carbocycles. The molecule has 9 heteroatoms. The molecule has 0 spiro atoms. The zero-order chi connectivity index (χ0) is 25.8. The summed E-state index contributed by atoms with van der Waals surface area (Å²) in [7, 11) is 0. The van der Waals surface area contributed by atoms with Crippen LogP contribution in [0.1, 0.15) is 47.0 Å². The fourth-order valence-corrected chi connectivity index (χ4v) is 6.77. The largest absolute Gasteiger partial charge is 0.396 e. The summed E-state index contributed by atoms with van der Waals surface area (Å²) in [6.07, 6.45) is -5.93. The van der Waals surface area contributed by atoms with Gasteiger partial charge in [-0.05, 0) is 49.5 Å². The highest BCUT2D eigenvalue weighted by Gasteiger charge is 2.55. The first-order valence-electron chi connectivity index (χ1n) is 12.8. The standard InChI is InChI=1S/C26H42O9/c1-11(2)15-7-18(29)26(4)8-16-13(9-27)5-6-14(16)12(3)20(30)24(19(15)26)35-25-23(33)22(32)21(31)17(10-28)34-25/h8,11-14,17-18,20-25,27-33H,5-7,9-10H2,1-4H3/t12-,13-,14+,17-,18+,20-,21-,22?,23?,24-,25?,26+/m1/s1. The average Bonchev–Trinajstić information content (AvgIpc) is 3.33. The van der Waals surface area contributed by atoms with Crippen molar-refractivity contribution in [2.24, 2.45) is 29.1 Å². The summed E-state index contributed by atoms with van der Waals surface area (Å²) in [6, 6.07) is 0. The molecular formula is C26H42O9. The molecule has 1 saturated heterocycles. The van der Waals surface area contributed by atoms with E-state index in [0.29, 0.717) is 6.42 Å². The molecule has 0 radical (unpaired) electrons. The van der Waals surface area contributed by atoms with E-state index in [2.05, 4.69) is 6.08 Å². The second-order valence-corrected chi connectivity index (χ2v) is 11.4. The van der Waals surface area contributed by atoms with Gasteiger partial charge in [-0.3, -0.25) is 0 Å². The molecule has 0 aromatic rings. The van der Waals surface area contributed by atoms with Gasteiger partial charge < -0.3 is 45.2 Å². The van der Waals surface area contributed by atoms with E-state index < -0.39 is 61.0 Å². The second kappa shape index (κ2) is 10.1. The number of aliphatic hydroxyl groups excluding tert-OH is 7. The molecule has 7 N–H and O–H groups in total. The first-order chi connectivity index (χ1) is 16.5. The maximum atomic E-state index is 11.7. The van der Waals surface area contributed by atoms with Crippen molar-refractivity contribution in [3.63, 3.8) is 0 Å². The number of ether oxygens (including phenoxy) is 2. The highest BCUT2D eigenvalue weighted by molar-refractivity contribution is 5.43. The Hall–Kier alpha value is -0.880. The third-order valence-electron chi connectivity index (χ3n) is 9.04. The molecular weight excluding hydrogens is 456 g/mol. The number of hydrogen-bond donors (Lipinski definition) is 7. The molecule has 0 aromatic carbocycles. The predicted octanol–water partition coefficient (Wildman–Crippen LogP) is -0.149. The van der Waals surface area contributed by atoms with Crippen LogP contribution in [0.25, 0.3) is 0 Å². The molecule has 4 aliphatic rings. The third-order valence-corrected chi connectivity index (χ3v) is 9.04. The number of fused-ring (bicyclic) bond motifs is 2. The van der Waals surface area contributed by atoms with Crippen LogP contribution in [0.15, 0.2) is 22.8 Å². The van der Waals surface area contributed by atoms with Gasteiger partial charge in [0.15, 0.2) is 6.29 Å². The Labute approximate surface area is 206 Å². The summed E-state index contributed by atoms with van der Waals surface area (Å²) in [4.78, 5) is 0. The first-order valence-corrected chi connectivity index (χ1v) is 12.8. The monoisotopic (exact) mass is 498 g/mol. The van der Waals surface area contributed by atoms with Crippen LogP contribution in [0, 0.1) is 29.1 Å². The molecule has 2 fully saturated rings. The normalized spacial score (nSPS) is 48.5. The highest BCUT2D eigenvalue weighted by Crippen LogP contribution is 2.55. The van der Waals surface area contributed by atoms with Gasteiger partial charge in [0.25, 0.3) is 0 Å². The van der Waals surface area contributed by atoms with Crippen LogP contribution in [0.4, 0.5) is 0 Å². The molecule has 0 bridgehead atoms. The van der Waals surface area contributed by atoms with Crippen LogP contribution in [0.3, 0.4) is 0 Å². The number of aliphatic hydroxyl groups is 7. The minimum atomic E-state index is -1.60. The van der Waals surface area contributed by atoms with Crippen molar-refractivity contribution >= 4 is 0 Å². The van der Waals surface area contributed by atoms with Gasteiger partial charge in [0.2, 0.25) is 0 Å². The van der Waals surface area contributed by atoms with E-state index in [1.54, 1.807) is 0 Å². The summed E-state index contributed by atoms with van der Waals surface area (Å²) in [6.45, 7) is 7.33. The smallest absolute Gasteiger partial charge is 0.187 e. The summed E-state index contributed by atoms with van der Waals surface area (Å²) in [5.74, 6) is -0.228. The van der Waals surface area contributed by atoms with E-state index in [1.807, 2.05) is 27.7 Å². The van der Waals surface area contributed by atoms with Gasteiger partial charge in [-0.25, -0.2) is 0 Å². The van der Waals surface area contributed by atoms with Gasteiger partial charge in [-0.15, -0.1) is 0 Å². The Kier molecular flexibility index (Phi) is 7.85. The van der Waals surface area contributed by atoms with E-state index in [9.17, 15) is 35.7 Å². The lowest BCUT2D eigenvalue weighted by Gasteiger charge is -2.46. The van der Waals surface area contributed by atoms with E-state index in [4.69, 9.17) is 9.47 Å². The summed E-state index contributed by atoms with van der Waals surface area (Å²) in [5.41, 5.74) is 1.88. The molecule has 35 heavy (non-hydrogen) atoms. The van der Waals surface area contributed by atoms with Gasteiger partial charge in [0.05, 0.1) is 18.8 Å². The minimum Gasteiger partial charge on any atom is -0.396 e. The lowest BCUT2D eigenvalue weighted by Crippen LogP contribution is -2.60. The van der Waals surface area contributed by atoms with Crippen molar-refractivity contribution in [3.05, 3.63) is 22.8 Å². The SMILES string of the molecule is CC(C)C1=C2[C@@H](OC3O[C@H](CO)[C@@H](O)C(O)C3O)[C@H](O)[C@H](C)[C@@H]3CC[C@H](CO)C3=C[C@@]2(C)[C@@H](O)C1. The van der Waals surface area contributed by atoms with E-state index in [0.717, 1.165) is 29.6 Å². The van der Waals surface area contributed by atoms with Gasteiger partial charge in [-0.2, -0.15) is 0 Å². The quantitative estimate of drug-likeness (QED) is 0.256. The molecule has 3 aliphatic carbocycles. The summed E-state index contributed by atoms with van der Waals surface area (Å²) < 4.78 is 11.9. The van der Waals surface area contributed by atoms with Crippen molar-refractivity contribution in [1.82, 2.24) is 0 Å². The average molecular weight is 499 g/mol. The fourth-order valence-electron chi connectivity index (χ4n) is 6.77. The van der Waals surface area contributed by atoms with Gasteiger partial charge in [0, 0.05) is 17.9 Å². The molecule has 12 atom stereocenters. The second-order valence-electron chi connectivity index (χ2n) is 11.4. The van der Waals surface area contributed by atoms with Crippen LogP contribution in [-0.2, 0) is 9.47 Å². The maximum absolute atomic E-state index is 11.7. The molecule has 4 rings (SSSR count). The summed E-state index contributed by atoms with van der Waals surface area (Å²) in [5, 5.41) is 73.8. The van der Waals surface area contributed by atoms with Crippen LogP contribution in [0.2, 0.25) is 0 Å². The number of rotatable bonds is 5. The minimum absolute atomic E-state index is 0.00303. The van der Waals surface area contributed by atoms with Crippen LogP contribution < -0.4 is 0 Å². The Morgan fingerprint density at radius 2 is 1.69 bits per heavy atom. The van der Waals surface area contributed by atoms with E-state index in [1.165, 1.54) is 0 Å². The Balaban J connectivity index is 1.81. The van der Waals surface area contributed by atoms with Crippen molar-refractivity contribution < 1.29 is 45.2 Å². The van der Waals surface area contributed by atoms with Crippen molar-refractivity contribution in [2.75, 3.05) is 13.2 Å². The van der Waals surface area contributed by atoms with E-state index in [-0.39, 0.29) is 30.3 Å². The Morgan fingerprint density at radius 3 is 2.29 bits per heavy atom. The maximum Gasteiger partial charge on any atom is 0.187 e. The molecule has 3 unspecified atom stereocenters. The van der Waals surface area contributed by atoms with Gasteiger partial charge in [-0.1, -0.05) is 38.0 Å². The van der Waals surface area contributed by atoms with Gasteiger partial charge >= 0.3 is 0 Å². The third kappa shape index (κ3) is 4.43. The lowest BCUT2D eigenvalue weighted by atomic mass is 9.68. The van der Waals surface area contributed by atoms with Crippen molar-refractivity contribution in [2.45, 2.75) is 96.0 Å². The molecule has 0 amide bonds. The zero-order valence-corrected chi connectivity index (χ0v) is 21.0. The predicted molar refractivity (Wildman–Crippen MR) is 126 cm³/mol. The molecule has 0 aromatic heterocycles. The lowest BCUT2D eigenvalue weighted by molar-refractivity contribution is -0.315. The highest BCUT2D eigenvalue weighted by atomic mass is 16.7. The van der Waals surface area contributed by atoms with Crippen LogP contribution >= 0.6 is 0 Å². The van der Waals surface area contributed by atoms with Crippen molar-refractivity contribution in [3.8, 4) is 0 Å².